The van der Waals surface area contributed by atoms with E-state index in [-0.39, 0.29) is 11.6 Å². The SMILES string of the molecule is CC(N)C(C)(C)N.O=P(O)(O)O. The van der Waals surface area contributed by atoms with Gasteiger partial charge in [-0.25, -0.2) is 4.57 Å². The van der Waals surface area contributed by atoms with Gasteiger partial charge in [-0.15, -0.1) is 0 Å². The largest absolute Gasteiger partial charge is 0.466 e. The summed E-state index contributed by atoms with van der Waals surface area (Å²) in [4.78, 5) is 21.6. The predicted octanol–water partition coefficient (Wildman–Crippen LogP) is -0.858. The summed E-state index contributed by atoms with van der Waals surface area (Å²) in [6, 6.07) is 0.0764. The second-order valence-corrected chi connectivity index (χ2v) is 4.15. The fourth-order valence-electron chi connectivity index (χ4n) is 0. The lowest BCUT2D eigenvalue weighted by molar-refractivity contribution is 0.275. The van der Waals surface area contributed by atoms with Crippen LogP contribution in [0.15, 0.2) is 0 Å². The first kappa shape index (κ1) is 14.5. The van der Waals surface area contributed by atoms with Gasteiger partial charge in [-0.2, -0.15) is 0 Å². The van der Waals surface area contributed by atoms with E-state index in [1.807, 2.05) is 20.8 Å². The van der Waals surface area contributed by atoms with Gasteiger partial charge in [-0.3, -0.25) is 0 Å². The zero-order chi connectivity index (χ0) is 10.6. The Kier molecular flexibility index (Phi) is 5.96. The number of hydrogen-bond acceptors (Lipinski definition) is 3. The highest BCUT2D eigenvalue weighted by Gasteiger charge is 2.14. The third kappa shape index (κ3) is 22.5. The maximum atomic E-state index is 8.88. The number of rotatable bonds is 1. The van der Waals surface area contributed by atoms with Crippen LogP contribution in [0.1, 0.15) is 20.8 Å². The number of hydrogen-bond donors (Lipinski definition) is 5. The van der Waals surface area contributed by atoms with Gasteiger partial charge in [-0.1, -0.05) is 0 Å². The summed E-state index contributed by atoms with van der Waals surface area (Å²) in [6.45, 7) is 5.73. The van der Waals surface area contributed by atoms with Gasteiger partial charge in [0.05, 0.1) is 0 Å². The van der Waals surface area contributed by atoms with Crippen molar-refractivity contribution in [3.05, 3.63) is 0 Å². The Labute approximate surface area is 71.8 Å². The average Bonchev–Trinajstić information content (AvgIpc) is 1.55. The van der Waals surface area contributed by atoms with Gasteiger partial charge in [0.2, 0.25) is 0 Å². The molecule has 1 unspecified atom stereocenters. The summed E-state index contributed by atoms with van der Waals surface area (Å²) in [5.74, 6) is 0. The van der Waals surface area contributed by atoms with Crippen LogP contribution in [-0.4, -0.2) is 26.3 Å². The zero-order valence-electron chi connectivity index (χ0n) is 7.43. The maximum Gasteiger partial charge on any atom is 0.466 e. The minimum atomic E-state index is -4.64. The maximum absolute atomic E-state index is 8.88. The van der Waals surface area contributed by atoms with Crippen molar-refractivity contribution in [3.63, 3.8) is 0 Å². The van der Waals surface area contributed by atoms with Gasteiger partial charge in [0.15, 0.2) is 0 Å². The molecule has 0 heterocycles. The van der Waals surface area contributed by atoms with Crippen molar-refractivity contribution in [3.8, 4) is 0 Å². The number of nitrogens with two attached hydrogens (primary N) is 2. The van der Waals surface area contributed by atoms with Crippen LogP contribution in [0, 0.1) is 0 Å². The lowest BCUT2D eigenvalue weighted by atomic mass is 9.99. The van der Waals surface area contributed by atoms with E-state index < -0.39 is 7.82 Å². The predicted molar refractivity (Wildman–Crippen MR) is 46.2 cm³/mol. The second kappa shape index (κ2) is 4.91. The minimum Gasteiger partial charge on any atom is -0.326 e. The first-order chi connectivity index (χ1) is 4.94. The van der Waals surface area contributed by atoms with Crippen LogP contribution in [0.25, 0.3) is 0 Å². The molecule has 0 saturated heterocycles. The Balaban J connectivity index is 0. The van der Waals surface area contributed by atoms with Crippen LogP contribution in [0.5, 0.6) is 0 Å². The fraction of sp³-hybridized carbons (Fsp3) is 1.00. The van der Waals surface area contributed by atoms with E-state index in [0.717, 1.165) is 0 Å². The summed E-state index contributed by atoms with van der Waals surface area (Å²) < 4.78 is 8.88. The van der Waals surface area contributed by atoms with Crippen LogP contribution >= 0.6 is 7.82 Å². The molecular formula is C5H17N2O4P. The Morgan fingerprint density at radius 3 is 1.42 bits per heavy atom. The van der Waals surface area contributed by atoms with Crippen LogP contribution < -0.4 is 11.5 Å². The van der Waals surface area contributed by atoms with Crippen LogP contribution in [0.4, 0.5) is 0 Å². The monoisotopic (exact) mass is 200 g/mol. The van der Waals surface area contributed by atoms with E-state index in [0.29, 0.717) is 0 Å². The summed E-state index contributed by atoms with van der Waals surface area (Å²) in [5.41, 5.74) is 10.8. The average molecular weight is 200 g/mol. The van der Waals surface area contributed by atoms with Gasteiger partial charge in [-0.05, 0) is 20.8 Å². The molecule has 0 amide bonds. The van der Waals surface area contributed by atoms with Gasteiger partial charge in [0.1, 0.15) is 0 Å². The van der Waals surface area contributed by atoms with E-state index in [9.17, 15) is 0 Å². The molecule has 7 N–H and O–H groups in total. The number of phosphoric acid groups is 1. The minimum absolute atomic E-state index is 0.0764. The smallest absolute Gasteiger partial charge is 0.326 e. The Morgan fingerprint density at radius 1 is 1.33 bits per heavy atom. The van der Waals surface area contributed by atoms with E-state index in [1.165, 1.54) is 0 Å². The molecule has 0 radical (unpaired) electrons. The summed E-state index contributed by atoms with van der Waals surface area (Å²) in [6.07, 6.45) is 0. The Hall–Kier alpha value is 0.0300. The van der Waals surface area contributed by atoms with Crippen molar-refractivity contribution in [2.24, 2.45) is 11.5 Å². The van der Waals surface area contributed by atoms with Gasteiger partial charge in [0.25, 0.3) is 0 Å². The first-order valence-electron chi connectivity index (χ1n) is 3.27. The van der Waals surface area contributed by atoms with Crippen molar-refractivity contribution in [2.75, 3.05) is 0 Å². The lowest BCUT2D eigenvalue weighted by Crippen LogP contribution is -2.48. The Morgan fingerprint density at radius 2 is 1.42 bits per heavy atom. The van der Waals surface area contributed by atoms with Gasteiger partial charge < -0.3 is 26.1 Å². The zero-order valence-corrected chi connectivity index (χ0v) is 8.32. The van der Waals surface area contributed by atoms with Crippen molar-refractivity contribution >= 4 is 7.82 Å². The van der Waals surface area contributed by atoms with E-state index in [1.54, 1.807) is 0 Å². The fourth-order valence-corrected chi connectivity index (χ4v) is 0. The molecule has 7 heteroatoms. The van der Waals surface area contributed by atoms with Crippen molar-refractivity contribution < 1.29 is 19.2 Å². The van der Waals surface area contributed by atoms with Crippen LogP contribution in [0.2, 0.25) is 0 Å². The van der Waals surface area contributed by atoms with E-state index >= 15 is 0 Å². The highest BCUT2D eigenvalue weighted by Crippen LogP contribution is 2.25. The van der Waals surface area contributed by atoms with Crippen LogP contribution in [0.3, 0.4) is 0 Å². The van der Waals surface area contributed by atoms with Crippen LogP contribution in [-0.2, 0) is 4.57 Å². The molecule has 12 heavy (non-hydrogen) atoms. The molecule has 0 aromatic heterocycles. The van der Waals surface area contributed by atoms with Crippen molar-refractivity contribution in [1.29, 1.82) is 0 Å². The summed E-state index contributed by atoms with van der Waals surface area (Å²) in [7, 11) is -4.64. The molecule has 0 aliphatic carbocycles. The van der Waals surface area contributed by atoms with Crippen molar-refractivity contribution in [1.82, 2.24) is 0 Å². The summed E-state index contributed by atoms with van der Waals surface area (Å²) in [5, 5.41) is 0. The molecule has 6 nitrogen and oxygen atoms in total. The van der Waals surface area contributed by atoms with E-state index in [4.69, 9.17) is 30.7 Å². The molecule has 0 aromatic rings. The molecule has 0 fully saturated rings. The molecule has 1 atom stereocenters. The van der Waals surface area contributed by atoms with Gasteiger partial charge >= 0.3 is 7.82 Å². The van der Waals surface area contributed by atoms with Crippen molar-refractivity contribution in [2.45, 2.75) is 32.4 Å². The highest BCUT2D eigenvalue weighted by molar-refractivity contribution is 7.45. The quantitative estimate of drug-likeness (QED) is 0.350. The molecule has 0 aliphatic heterocycles. The first-order valence-corrected chi connectivity index (χ1v) is 4.84. The third-order valence-corrected chi connectivity index (χ3v) is 1.17. The standard InChI is InChI=1S/C5H14N2.H3O4P/c1-4(6)5(2,3)7;1-5(2,3)4/h4H,6-7H2,1-3H3;(H3,1,2,3,4). The molecule has 0 rings (SSSR count). The Bertz CT molecular complexity index is 151. The molecular weight excluding hydrogens is 183 g/mol. The van der Waals surface area contributed by atoms with E-state index in [2.05, 4.69) is 0 Å². The molecule has 0 aliphatic rings. The second-order valence-electron chi connectivity index (χ2n) is 3.12. The van der Waals surface area contributed by atoms with Gasteiger partial charge in [0, 0.05) is 11.6 Å². The lowest BCUT2D eigenvalue weighted by Gasteiger charge is -2.22. The summed E-state index contributed by atoms with van der Waals surface area (Å²) >= 11 is 0. The normalized spacial score (nSPS) is 14.7. The topological polar surface area (TPSA) is 130 Å². The molecule has 0 aromatic carbocycles. The highest BCUT2D eigenvalue weighted by atomic mass is 31.2. The molecule has 0 bridgehead atoms. The third-order valence-electron chi connectivity index (χ3n) is 1.17. The molecule has 76 valence electrons. The molecule has 0 saturated carbocycles. The molecule has 0 spiro atoms.